The average Bonchev–Trinajstić information content (AvgIpc) is 2.92. The molecule has 0 radical (unpaired) electrons. The van der Waals surface area contributed by atoms with Gasteiger partial charge in [-0.15, -0.1) is 0 Å². The third kappa shape index (κ3) is 1.92. The van der Waals surface area contributed by atoms with Gasteiger partial charge < -0.3 is 5.32 Å². The van der Waals surface area contributed by atoms with Crippen molar-refractivity contribution < 1.29 is 4.58 Å². The average molecular weight is 317 g/mol. The van der Waals surface area contributed by atoms with E-state index in [4.69, 9.17) is 0 Å². The maximum atomic E-state index is 3.65. The Labute approximate surface area is 144 Å². The van der Waals surface area contributed by atoms with Crippen LogP contribution < -0.4 is 5.32 Å². The molecule has 2 nitrogen and oxygen atoms in total. The predicted octanol–water partition coefficient (Wildman–Crippen LogP) is 4.98. The number of fused-ring (bicyclic) bond motifs is 2. The number of nitrogens with one attached hydrogen (secondary N) is 1. The Hall–Kier alpha value is -2.35. The predicted molar refractivity (Wildman–Crippen MR) is 101 cm³/mol. The molecule has 2 heterocycles. The Morgan fingerprint density at radius 2 is 1.46 bits per heavy atom. The van der Waals surface area contributed by atoms with Crippen molar-refractivity contribution >= 4 is 17.1 Å². The molecule has 0 fully saturated rings. The Morgan fingerprint density at radius 1 is 0.833 bits per heavy atom. The number of benzene rings is 2. The van der Waals surface area contributed by atoms with Crippen molar-refractivity contribution in [2.24, 2.45) is 0 Å². The highest BCUT2D eigenvalue weighted by Gasteiger charge is 2.44. The Morgan fingerprint density at radius 3 is 2.12 bits per heavy atom. The fourth-order valence-corrected chi connectivity index (χ4v) is 4.20. The van der Waals surface area contributed by atoms with Crippen LogP contribution in [-0.2, 0) is 10.8 Å². The first-order chi connectivity index (χ1) is 11.3. The van der Waals surface area contributed by atoms with Crippen molar-refractivity contribution in [3.8, 4) is 0 Å². The van der Waals surface area contributed by atoms with Gasteiger partial charge in [0, 0.05) is 34.5 Å². The summed E-state index contributed by atoms with van der Waals surface area (Å²) in [6.45, 7) is 9.23. The summed E-state index contributed by atoms with van der Waals surface area (Å²) in [6.07, 6.45) is 2.36. The molecule has 0 atom stereocenters. The van der Waals surface area contributed by atoms with Gasteiger partial charge in [-0.2, -0.15) is 4.58 Å². The van der Waals surface area contributed by atoms with Crippen molar-refractivity contribution in [1.82, 2.24) is 0 Å². The number of anilines is 1. The first-order valence-corrected chi connectivity index (χ1v) is 8.63. The number of rotatable bonds is 1. The topological polar surface area (TPSA) is 15.0 Å². The molecule has 122 valence electrons. The number of hydrogen-bond acceptors (Lipinski definition) is 1. The normalized spacial score (nSPS) is 21.6. The number of hydrogen-bond donors (Lipinski definition) is 1. The first kappa shape index (κ1) is 15.2. The van der Waals surface area contributed by atoms with Crippen LogP contribution in [0.4, 0.5) is 11.4 Å². The zero-order chi connectivity index (χ0) is 17.1. The molecule has 0 saturated heterocycles. The van der Waals surface area contributed by atoms with E-state index in [1.54, 1.807) is 0 Å². The van der Waals surface area contributed by atoms with Gasteiger partial charge in [0.25, 0.3) is 0 Å². The van der Waals surface area contributed by atoms with Gasteiger partial charge in [0.1, 0.15) is 7.05 Å². The van der Waals surface area contributed by atoms with Crippen LogP contribution in [0.25, 0.3) is 0 Å². The van der Waals surface area contributed by atoms with Gasteiger partial charge in [-0.1, -0.05) is 50.2 Å². The molecule has 0 spiro atoms. The molecule has 0 unspecified atom stereocenters. The van der Waals surface area contributed by atoms with E-state index in [9.17, 15) is 0 Å². The summed E-state index contributed by atoms with van der Waals surface area (Å²) in [5.74, 6) is 0. The smallest absolute Gasteiger partial charge is 0.209 e. The third-order valence-electron chi connectivity index (χ3n) is 5.76. The molecule has 2 aromatic rings. The van der Waals surface area contributed by atoms with Crippen LogP contribution in [0.15, 0.2) is 60.3 Å². The van der Waals surface area contributed by atoms with Crippen LogP contribution in [-0.4, -0.2) is 17.3 Å². The monoisotopic (exact) mass is 317 g/mol. The van der Waals surface area contributed by atoms with E-state index in [0.29, 0.717) is 0 Å². The fraction of sp³-hybridized carbons (Fsp3) is 0.318. The number of allylic oxidation sites excluding steroid dienone is 2. The molecule has 2 aromatic carbocycles. The lowest BCUT2D eigenvalue weighted by molar-refractivity contribution is -0.401. The maximum Gasteiger partial charge on any atom is 0.209 e. The fourth-order valence-electron chi connectivity index (χ4n) is 4.20. The molecule has 24 heavy (non-hydrogen) atoms. The highest BCUT2D eigenvalue weighted by atomic mass is 15.0. The van der Waals surface area contributed by atoms with Gasteiger partial charge in [-0.3, -0.25) is 0 Å². The molecule has 0 aromatic heterocycles. The highest BCUT2D eigenvalue weighted by molar-refractivity contribution is 6.04. The molecule has 0 amide bonds. The van der Waals surface area contributed by atoms with E-state index in [2.05, 4.69) is 99.2 Å². The molecule has 2 heteroatoms. The van der Waals surface area contributed by atoms with Crippen molar-refractivity contribution in [1.29, 1.82) is 0 Å². The maximum absolute atomic E-state index is 3.65. The standard InChI is InChI=1S/C22H24N2/c1-21(2)15-10-6-8-12-17(15)23-19(21)14-20-22(3,4)16-11-7-9-13-18(16)24(20)5/h6-14H,1-5H3/p+1. The molecule has 2 aliphatic heterocycles. The van der Waals surface area contributed by atoms with E-state index >= 15 is 0 Å². The van der Waals surface area contributed by atoms with Gasteiger partial charge in [0.05, 0.1) is 5.41 Å². The summed E-state index contributed by atoms with van der Waals surface area (Å²) in [7, 11) is 2.18. The van der Waals surface area contributed by atoms with Crippen molar-refractivity contribution in [2.45, 2.75) is 38.5 Å². The summed E-state index contributed by atoms with van der Waals surface area (Å²) in [5, 5.41) is 3.65. The Bertz CT molecular complexity index is 898. The Kier molecular flexibility index (Phi) is 3.05. The van der Waals surface area contributed by atoms with Gasteiger partial charge in [-0.05, 0) is 25.5 Å². The van der Waals surface area contributed by atoms with Crippen LogP contribution >= 0.6 is 0 Å². The second-order valence-electron chi connectivity index (χ2n) is 7.94. The van der Waals surface area contributed by atoms with Gasteiger partial charge in [-0.25, -0.2) is 0 Å². The van der Waals surface area contributed by atoms with Gasteiger partial charge in [0.2, 0.25) is 5.69 Å². The lowest BCUT2D eigenvalue weighted by atomic mass is 9.78. The lowest BCUT2D eigenvalue weighted by Gasteiger charge is -2.22. The summed E-state index contributed by atoms with van der Waals surface area (Å²) in [6, 6.07) is 17.3. The highest BCUT2D eigenvalue weighted by Crippen LogP contribution is 2.45. The van der Waals surface area contributed by atoms with E-state index < -0.39 is 0 Å². The third-order valence-corrected chi connectivity index (χ3v) is 5.76. The minimum Gasteiger partial charge on any atom is -0.358 e. The van der Waals surface area contributed by atoms with E-state index in [1.165, 1.54) is 33.9 Å². The molecule has 0 aliphatic carbocycles. The van der Waals surface area contributed by atoms with E-state index in [-0.39, 0.29) is 10.8 Å². The van der Waals surface area contributed by atoms with Crippen LogP contribution in [0.1, 0.15) is 38.8 Å². The largest absolute Gasteiger partial charge is 0.358 e. The quantitative estimate of drug-likeness (QED) is 0.733. The van der Waals surface area contributed by atoms with Crippen LogP contribution in [0.3, 0.4) is 0 Å². The zero-order valence-corrected chi connectivity index (χ0v) is 15.1. The van der Waals surface area contributed by atoms with Crippen molar-refractivity contribution in [3.63, 3.8) is 0 Å². The summed E-state index contributed by atoms with van der Waals surface area (Å²) in [5.41, 5.74) is 7.91. The molecule has 2 aliphatic rings. The molecule has 4 rings (SSSR count). The van der Waals surface area contributed by atoms with E-state index in [0.717, 1.165) is 0 Å². The molecular weight excluding hydrogens is 292 g/mol. The van der Waals surface area contributed by atoms with Crippen LogP contribution in [0, 0.1) is 0 Å². The van der Waals surface area contributed by atoms with Crippen molar-refractivity contribution in [3.05, 3.63) is 71.4 Å². The minimum absolute atomic E-state index is 0.00467. The molecule has 0 saturated carbocycles. The van der Waals surface area contributed by atoms with Crippen molar-refractivity contribution in [2.75, 3.05) is 12.4 Å². The number of nitrogens with zero attached hydrogens (tertiary/aromatic N) is 1. The Balaban J connectivity index is 1.85. The molecule has 1 N–H and O–H groups in total. The van der Waals surface area contributed by atoms with Crippen LogP contribution in [0.2, 0.25) is 0 Å². The minimum atomic E-state index is -0.00467. The molecule has 0 bridgehead atoms. The summed E-state index contributed by atoms with van der Waals surface area (Å²) >= 11 is 0. The van der Waals surface area contributed by atoms with Gasteiger partial charge >= 0.3 is 0 Å². The van der Waals surface area contributed by atoms with E-state index in [1.807, 2.05) is 0 Å². The SMILES string of the molecule is C[N+]1=C(C=C2Nc3ccccc3C2(C)C)C(C)(C)c2ccccc21. The second-order valence-corrected chi connectivity index (χ2v) is 7.94. The summed E-state index contributed by atoms with van der Waals surface area (Å²) in [4.78, 5) is 0. The summed E-state index contributed by atoms with van der Waals surface area (Å²) < 4.78 is 2.34. The zero-order valence-electron chi connectivity index (χ0n) is 15.1. The van der Waals surface area contributed by atoms with Crippen LogP contribution in [0.5, 0.6) is 0 Å². The first-order valence-electron chi connectivity index (χ1n) is 8.63. The molecular formula is C22H25N2+. The number of para-hydroxylation sites is 2. The second kappa shape index (κ2) is 4.83. The van der Waals surface area contributed by atoms with Gasteiger partial charge in [0.15, 0.2) is 5.71 Å². The lowest BCUT2D eigenvalue weighted by Crippen LogP contribution is -2.29.